The van der Waals surface area contributed by atoms with Crippen LogP contribution < -0.4 is 5.32 Å². The maximum absolute atomic E-state index is 3.47. The third kappa shape index (κ3) is 3.71. The van der Waals surface area contributed by atoms with E-state index in [0.29, 0.717) is 6.04 Å². The van der Waals surface area contributed by atoms with Gasteiger partial charge in [-0.25, -0.2) is 0 Å². The fraction of sp³-hybridized carbons (Fsp3) is 0.455. The summed E-state index contributed by atoms with van der Waals surface area (Å²) < 4.78 is 1.35. The molecule has 1 unspecified atom stereocenters. The van der Waals surface area contributed by atoms with E-state index in [2.05, 4.69) is 66.2 Å². The Morgan fingerprint density at radius 2 is 2.36 bits per heavy atom. The van der Waals surface area contributed by atoms with Gasteiger partial charge in [0, 0.05) is 0 Å². The van der Waals surface area contributed by atoms with E-state index in [1.807, 2.05) is 0 Å². The first-order chi connectivity index (χ1) is 6.63. The zero-order valence-electron chi connectivity index (χ0n) is 8.80. The smallest absolute Gasteiger partial charge is 0.0656 e. The standard InChI is InChI=1S/C11H16INS/c1-4-13-10(5-8(2)3)9-6-11(12)14-7-9/h5-7,10,13H,4H2,1-3H3. The quantitative estimate of drug-likeness (QED) is 0.654. The maximum Gasteiger partial charge on any atom is 0.0656 e. The molecule has 1 heterocycles. The van der Waals surface area contributed by atoms with Crippen molar-refractivity contribution in [2.45, 2.75) is 26.8 Å². The van der Waals surface area contributed by atoms with Crippen LogP contribution in [0, 0.1) is 2.88 Å². The van der Waals surface area contributed by atoms with Crippen molar-refractivity contribution < 1.29 is 0 Å². The molecule has 0 saturated carbocycles. The monoisotopic (exact) mass is 321 g/mol. The van der Waals surface area contributed by atoms with Crippen LogP contribution in [0.1, 0.15) is 32.4 Å². The second-order valence-corrected chi connectivity index (χ2v) is 6.27. The molecule has 78 valence electrons. The first kappa shape index (κ1) is 12.2. The van der Waals surface area contributed by atoms with Crippen LogP contribution in [0.25, 0.3) is 0 Å². The number of hydrogen-bond donors (Lipinski definition) is 1. The summed E-state index contributed by atoms with van der Waals surface area (Å²) in [5.74, 6) is 0. The lowest BCUT2D eigenvalue weighted by molar-refractivity contribution is 0.646. The van der Waals surface area contributed by atoms with Crippen LogP contribution in [-0.2, 0) is 0 Å². The van der Waals surface area contributed by atoms with Crippen LogP contribution in [0.2, 0.25) is 0 Å². The molecule has 0 radical (unpaired) electrons. The Balaban J connectivity index is 2.82. The predicted molar refractivity (Wildman–Crippen MR) is 72.9 cm³/mol. The SMILES string of the molecule is CCNC(C=C(C)C)c1csc(I)c1. The molecule has 1 aromatic rings. The molecule has 0 aliphatic heterocycles. The lowest BCUT2D eigenvalue weighted by Crippen LogP contribution is -2.18. The molecule has 0 spiro atoms. The molecule has 0 aliphatic rings. The summed E-state index contributed by atoms with van der Waals surface area (Å²) in [6.45, 7) is 7.42. The predicted octanol–water partition coefficient (Wildman–Crippen LogP) is 3.97. The van der Waals surface area contributed by atoms with Crippen molar-refractivity contribution in [1.29, 1.82) is 0 Å². The van der Waals surface area contributed by atoms with E-state index in [4.69, 9.17) is 0 Å². The lowest BCUT2D eigenvalue weighted by atomic mass is 10.1. The second kappa shape index (κ2) is 5.88. The van der Waals surface area contributed by atoms with Crippen molar-refractivity contribution in [3.63, 3.8) is 0 Å². The van der Waals surface area contributed by atoms with Gasteiger partial charge in [0.25, 0.3) is 0 Å². The van der Waals surface area contributed by atoms with Crippen molar-refractivity contribution in [1.82, 2.24) is 5.32 Å². The normalized spacial score (nSPS) is 12.6. The number of hydrogen-bond acceptors (Lipinski definition) is 2. The number of nitrogens with one attached hydrogen (secondary N) is 1. The zero-order valence-corrected chi connectivity index (χ0v) is 11.8. The van der Waals surface area contributed by atoms with E-state index < -0.39 is 0 Å². The number of likely N-dealkylation sites (N-methyl/N-ethyl adjacent to an activating group) is 1. The molecule has 1 aromatic heterocycles. The molecule has 0 aliphatic carbocycles. The van der Waals surface area contributed by atoms with Gasteiger partial charge < -0.3 is 5.32 Å². The van der Waals surface area contributed by atoms with Crippen LogP contribution in [-0.4, -0.2) is 6.54 Å². The minimum Gasteiger partial charge on any atom is -0.307 e. The molecule has 1 nitrogen and oxygen atoms in total. The first-order valence-electron chi connectivity index (χ1n) is 4.75. The number of halogens is 1. The Bertz CT molecular complexity index is 313. The van der Waals surface area contributed by atoms with Crippen molar-refractivity contribution in [2.75, 3.05) is 6.54 Å². The highest BCUT2D eigenvalue weighted by molar-refractivity contribution is 14.1. The Morgan fingerprint density at radius 1 is 1.64 bits per heavy atom. The highest BCUT2D eigenvalue weighted by Crippen LogP contribution is 2.23. The van der Waals surface area contributed by atoms with Gasteiger partial charge in [-0.15, -0.1) is 11.3 Å². The summed E-state index contributed by atoms with van der Waals surface area (Å²) >= 11 is 4.17. The molecular weight excluding hydrogens is 305 g/mol. The molecule has 3 heteroatoms. The van der Waals surface area contributed by atoms with Gasteiger partial charge in [-0.3, -0.25) is 0 Å². The molecule has 1 rings (SSSR count). The van der Waals surface area contributed by atoms with Crippen LogP contribution in [0.4, 0.5) is 0 Å². The third-order valence-corrected chi connectivity index (χ3v) is 3.68. The van der Waals surface area contributed by atoms with Crippen LogP contribution in [0.3, 0.4) is 0 Å². The van der Waals surface area contributed by atoms with Gasteiger partial charge in [-0.1, -0.05) is 18.6 Å². The van der Waals surface area contributed by atoms with Crippen molar-refractivity contribution in [3.05, 3.63) is 31.5 Å². The van der Waals surface area contributed by atoms with E-state index in [-0.39, 0.29) is 0 Å². The molecule has 14 heavy (non-hydrogen) atoms. The molecule has 0 amide bonds. The molecule has 1 atom stereocenters. The Kier molecular flexibility index (Phi) is 5.12. The fourth-order valence-corrected chi connectivity index (χ4v) is 2.72. The highest BCUT2D eigenvalue weighted by Gasteiger charge is 2.08. The van der Waals surface area contributed by atoms with Gasteiger partial charge in [-0.2, -0.15) is 0 Å². The van der Waals surface area contributed by atoms with Crippen molar-refractivity contribution >= 4 is 33.9 Å². The summed E-state index contributed by atoms with van der Waals surface area (Å²) in [6, 6.07) is 2.63. The zero-order chi connectivity index (χ0) is 10.6. The molecule has 1 N–H and O–H groups in total. The molecular formula is C11H16INS. The topological polar surface area (TPSA) is 12.0 Å². The fourth-order valence-electron chi connectivity index (χ4n) is 1.31. The maximum atomic E-state index is 3.47. The largest absolute Gasteiger partial charge is 0.307 e. The molecule has 0 saturated heterocycles. The van der Waals surface area contributed by atoms with Gasteiger partial charge in [0.05, 0.1) is 8.93 Å². The van der Waals surface area contributed by atoms with Gasteiger partial charge in [0.1, 0.15) is 0 Å². The van der Waals surface area contributed by atoms with Gasteiger partial charge in [0.15, 0.2) is 0 Å². The van der Waals surface area contributed by atoms with Crippen molar-refractivity contribution in [3.8, 4) is 0 Å². The summed E-state index contributed by atoms with van der Waals surface area (Å²) in [5.41, 5.74) is 2.74. The molecule has 0 bridgehead atoms. The van der Waals surface area contributed by atoms with Crippen LogP contribution >= 0.6 is 33.9 Å². The van der Waals surface area contributed by atoms with Crippen molar-refractivity contribution in [2.24, 2.45) is 0 Å². The summed E-state index contributed by atoms with van der Waals surface area (Å²) in [7, 11) is 0. The van der Waals surface area contributed by atoms with E-state index >= 15 is 0 Å². The van der Waals surface area contributed by atoms with Crippen LogP contribution in [0.15, 0.2) is 23.1 Å². The Labute approximate surface area is 104 Å². The van der Waals surface area contributed by atoms with E-state index in [1.165, 1.54) is 14.0 Å². The number of rotatable bonds is 4. The highest BCUT2D eigenvalue weighted by atomic mass is 127. The van der Waals surface area contributed by atoms with E-state index in [9.17, 15) is 0 Å². The Hall–Kier alpha value is 0.130. The number of thiophene rings is 1. The first-order valence-corrected chi connectivity index (χ1v) is 6.71. The lowest BCUT2D eigenvalue weighted by Gasteiger charge is -2.12. The summed E-state index contributed by atoms with van der Waals surface area (Å²) in [6.07, 6.45) is 2.28. The van der Waals surface area contributed by atoms with Gasteiger partial charge in [-0.05, 0) is 60.0 Å². The molecule has 0 aromatic carbocycles. The minimum atomic E-state index is 0.379. The van der Waals surface area contributed by atoms with E-state index in [1.54, 1.807) is 11.3 Å². The summed E-state index contributed by atoms with van der Waals surface area (Å²) in [5, 5.41) is 5.70. The van der Waals surface area contributed by atoms with Crippen LogP contribution in [0.5, 0.6) is 0 Å². The minimum absolute atomic E-state index is 0.379. The molecule has 0 fully saturated rings. The number of allylic oxidation sites excluding steroid dienone is 1. The second-order valence-electron chi connectivity index (χ2n) is 3.46. The van der Waals surface area contributed by atoms with Gasteiger partial charge >= 0.3 is 0 Å². The van der Waals surface area contributed by atoms with E-state index in [0.717, 1.165) is 6.54 Å². The Morgan fingerprint density at radius 3 is 2.79 bits per heavy atom. The average Bonchev–Trinajstić information content (AvgIpc) is 2.50. The van der Waals surface area contributed by atoms with Gasteiger partial charge in [0.2, 0.25) is 0 Å². The summed E-state index contributed by atoms with van der Waals surface area (Å²) in [4.78, 5) is 0. The average molecular weight is 321 g/mol. The third-order valence-electron chi connectivity index (χ3n) is 1.87.